The van der Waals surface area contributed by atoms with Crippen molar-refractivity contribution in [3.05, 3.63) is 51.3 Å². The molecular weight excluding hydrogens is 526 g/mol. The number of nitrogens with one attached hydrogen (secondary N) is 3. The van der Waals surface area contributed by atoms with Crippen LogP contribution in [0.15, 0.2) is 40.1 Å². The zero-order chi connectivity index (χ0) is 27.4. The quantitative estimate of drug-likeness (QED) is 0.315. The molecular formula is C26H34ClN7O3S. The number of hydrogen-bond donors (Lipinski definition) is 4. The summed E-state index contributed by atoms with van der Waals surface area (Å²) in [5, 5.41) is 8.65. The minimum Gasteiger partial charge on any atom is -0.488 e. The van der Waals surface area contributed by atoms with Crippen LogP contribution in [0.4, 0.5) is 17.5 Å². The first-order valence-electron chi connectivity index (χ1n) is 12.5. The highest BCUT2D eigenvalue weighted by molar-refractivity contribution is 7.95. The van der Waals surface area contributed by atoms with Crippen LogP contribution in [-0.2, 0) is 9.84 Å². The third-order valence-corrected chi connectivity index (χ3v) is 8.60. The van der Waals surface area contributed by atoms with Crippen molar-refractivity contribution in [1.82, 2.24) is 15.3 Å². The van der Waals surface area contributed by atoms with Crippen molar-refractivity contribution in [3.63, 3.8) is 0 Å². The van der Waals surface area contributed by atoms with Crippen molar-refractivity contribution < 1.29 is 13.2 Å². The van der Waals surface area contributed by atoms with E-state index in [4.69, 9.17) is 22.1 Å². The molecule has 0 atom stereocenters. The fourth-order valence-electron chi connectivity index (χ4n) is 3.92. The molecule has 0 unspecified atom stereocenters. The summed E-state index contributed by atoms with van der Waals surface area (Å²) in [5.74, 6) is 1.16. The Morgan fingerprint density at radius 1 is 1.34 bits per heavy atom. The minimum absolute atomic E-state index is 0.0703. The first-order valence-corrected chi connectivity index (χ1v) is 14.5. The first kappa shape index (κ1) is 27.9. The van der Waals surface area contributed by atoms with Gasteiger partial charge in [-0.15, -0.1) is 0 Å². The SMILES string of the molecule is CN=CC(Nc1nc(Nc2cc(C)c(C3=CCNCC3)cc2OC2CC2)ncc1Cl)=C(N)S(=O)(=O)C(C)C. The molecule has 0 amide bonds. The van der Waals surface area contributed by atoms with Crippen LogP contribution in [-0.4, -0.2) is 56.1 Å². The third-order valence-electron chi connectivity index (χ3n) is 6.25. The molecule has 1 aromatic heterocycles. The van der Waals surface area contributed by atoms with Crippen molar-refractivity contribution >= 4 is 50.7 Å². The van der Waals surface area contributed by atoms with Gasteiger partial charge in [0.2, 0.25) is 5.95 Å². The lowest BCUT2D eigenvalue weighted by Gasteiger charge is -2.20. The predicted molar refractivity (Wildman–Crippen MR) is 154 cm³/mol. The lowest BCUT2D eigenvalue weighted by Crippen LogP contribution is -2.25. The van der Waals surface area contributed by atoms with Gasteiger partial charge in [0.25, 0.3) is 0 Å². The molecule has 0 bridgehead atoms. The van der Waals surface area contributed by atoms with E-state index in [1.807, 2.05) is 6.07 Å². The maximum atomic E-state index is 12.7. The standard InChI is InChI=1S/C26H34ClN7O3S/c1-15(2)38(35,36)24(28)22(14-29-4)32-25-20(27)13-31-26(34-25)33-21-11-16(3)19(17-7-9-30-10-8-17)12-23(21)37-18-5-6-18/h7,11-15,18,30H,5-6,8-10,28H2,1-4H3,(H2,31,32,33,34). The smallest absolute Gasteiger partial charge is 0.229 e. The zero-order valence-corrected chi connectivity index (χ0v) is 23.6. The van der Waals surface area contributed by atoms with Gasteiger partial charge in [-0.05, 0) is 75.4 Å². The first-order chi connectivity index (χ1) is 18.1. The van der Waals surface area contributed by atoms with E-state index < -0.39 is 15.1 Å². The maximum absolute atomic E-state index is 12.7. The summed E-state index contributed by atoms with van der Waals surface area (Å²) in [7, 11) is -2.23. The molecule has 0 spiro atoms. The summed E-state index contributed by atoms with van der Waals surface area (Å²) in [4.78, 5) is 12.7. The number of hydrogen-bond acceptors (Lipinski definition) is 10. The van der Waals surface area contributed by atoms with E-state index >= 15 is 0 Å². The molecule has 10 nitrogen and oxygen atoms in total. The molecule has 2 heterocycles. The van der Waals surface area contributed by atoms with E-state index in [0.717, 1.165) is 49.4 Å². The van der Waals surface area contributed by atoms with Crippen LogP contribution in [0.25, 0.3) is 5.57 Å². The van der Waals surface area contributed by atoms with E-state index in [-0.39, 0.29) is 33.6 Å². The Bertz CT molecular complexity index is 1400. The highest BCUT2D eigenvalue weighted by Gasteiger charge is 2.26. The highest BCUT2D eigenvalue weighted by atomic mass is 35.5. The van der Waals surface area contributed by atoms with Crippen molar-refractivity contribution in [2.24, 2.45) is 10.7 Å². The molecule has 1 aromatic carbocycles. The van der Waals surface area contributed by atoms with Crippen molar-refractivity contribution in [1.29, 1.82) is 0 Å². The number of rotatable bonds is 10. The Kier molecular flexibility index (Phi) is 8.59. The average molecular weight is 560 g/mol. The van der Waals surface area contributed by atoms with Crippen molar-refractivity contribution in [2.45, 2.75) is 51.4 Å². The van der Waals surface area contributed by atoms with Crippen LogP contribution in [0.1, 0.15) is 44.2 Å². The number of aromatic nitrogens is 2. The number of benzene rings is 1. The lowest BCUT2D eigenvalue weighted by molar-refractivity contribution is 0.304. The summed E-state index contributed by atoms with van der Waals surface area (Å²) in [6.07, 6.45) is 8.16. The van der Waals surface area contributed by atoms with Crippen LogP contribution in [0.3, 0.4) is 0 Å². The number of allylic oxidation sites excluding steroid dienone is 1. The topological polar surface area (TPSA) is 144 Å². The van der Waals surface area contributed by atoms with Gasteiger partial charge in [-0.2, -0.15) is 4.98 Å². The average Bonchev–Trinajstić information content (AvgIpc) is 3.71. The molecule has 1 aliphatic heterocycles. The van der Waals surface area contributed by atoms with E-state index in [2.05, 4.69) is 50.0 Å². The molecule has 1 saturated carbocycles. The van der Waals surface area contributed by atoms with Gasteiger partial charge >= 0.3 is 0 Å². The Balaban J connectivity index is 1.67. The molecule has 2 aromatic rings. The fourth-order valence-corrected chi connectivity index (χ4v) is 4.98. The van der Waals surface area contributed by atoms with Crippen molar-refractivity contribution in [3.8, 4) is 5.75 Å². The van der Waals surface area contributed by atoms with E-state index in [1.165, 1.54) is 30.6 Å². The Labute approximate surface area is 228 Å². The normalized spacial score (nSPS) is 16.8. The Morgan fingerprint density at radius 3 is 2.74 bits per heavy atom. The van der Waals surface area contributed by atoms with E-state index in [9.17, 15) is 8.42 Å². The number of anilines is 3. The Morgan fingerprint density at radius 2 is 2.11 bits per heavy atom. The largest absolute Gasteiger partial charge is 0.488 e. The van der Waals surface area contributed by atoms with E-state index in [0.29, 0.717) is 0 Å². The second-order valence-electron chi connectivity index (χ2n) is 9.56. The predicted octanol–water partition coefficient (Wildman–Crippen LogP) is 4.16. The molecule has 12 heteroatoms. The summed E-state index contributed by atoms with van der Waals surface area (Å²) in [6.45, 7) is 6.97. The van der Waals surface area contributed by atoms with Gasteiger partial charge in [-0.3, -0.25) is 4.99 Å². The van der Waals surface area contributed by atoms with Gasteiger partial charge < -0.3 is 26.4 Å². The van der Waals surface area contributed by atoms with Crippen LogP contribution in [0.2, 0.25) is 5.02 Å². The molecule has 1 fully saturated rings. The second-order valence-corrected chi connectivity index (χ2v) is 12.4. The number of aliphatic imine (C=N–C) groups is 1. The molecule has 4 rings (SSSR count). The summed E-state index contributed by atoms with van der Waals surface area (Å²) in [5.41, 5.74) is 10.4. The number of halogens is 1. The third kappa shape index (κ3) is 6.46. The zero-order valence-electron chi connectivity index (χ0n) is 22.0. The molecule has 38 heavy (non-hydrogen) atoms. The summed E-state index contributed by atoms with van der Waals surface area (Å²) < 4.78 is 31.5. The molecule has 1 aliphatic carbocycles. The number of ether oxygens (including phenoxy) is 1. The van der Waals surface area contributed by atoms with Crippen LogP contribution >= 0.6 is 11.6 Å². The van der Waals surface area contributed by atoms with Crippen LogP contribution in [0.5, 0.6) is 5.75 Å². The highest BCUT2D eigenvalue weighted by Crippen LogP contribution is 2.38. The number of nitrogens with zero attached hydrogens (tertiary/aromatic N) is 3. The molecule has 204 valence electrons. The van der Waals surface area contributed by atoms with Crippen LogP contribution < -0.4 is 26.4 Å². The number of aryl methyl sites for hydroxylation is 1. The second kappa shape index (κ2) is 11.7. The van der Waals surface area contributed by atoms with Crippen LogP contribution in [0, 0.1) is 6.92 Å². The monoisotopic (exact) mass is 559 g/mol. The maximum Gasteiger partial charge on any atom is 0.229 e. The van der Waals surface area contributed by atoms with Gasteiger partial charge in [0.15, 0.2) is 20.7 Å². The molecule has 5 N–H and O–H groups in total. The fraction of sp³-hybridized carbons (Fsp3) is 0.423. The number of sulfone groups is 1. The van der Waals surface area contributed by atoms with Gasteiger partial charge in [0, 0.05) is 19.8 Å². The van der Waals surface area contributed by atoms with Gasteiger partial charge in [0.05, 0.1) is 28.9 Å². The Hall–Kier alpha value is -3.15. The van der Waals surface area contributed by atoms with E-state index in [1.54, 1.807) is 13.8 Å². The lowest BCUT2D eigenvalue weighted by atomic mass is 9.95. The summed E-state index contributed by atoms with van der Waals surface area (Å²) >= 11 is 6.36. The number of nitrogens with two attached hydrogens (primary N) is 1. The van der Waals surface area contributed by atoms with Crippen molar-refractivity contribution in [2.75, 3.05) is 30.8 Å². The minimum atomic E-state index is -3.74. The summed E-state index contributed by atoms with van der Waals surface area (Å²) in [6, 6.07) is 4.11. The van der Waals surface area contributed by atoms with Gasteiger partial charge in [-0.1, -0.05) is 17.7 Å². The molecule has 2 aliphatic rings. The van der Waals surface area contributed by atoms with Gasteiger partial charge in [-0.25, -0.2) is 13.4 Å². The molecule has 0 saturated heterocycles. The molecule has 0 radical (unpaired) electrons. The van der Waals surface area contributed by atoms with Gasteiger partial charge in [0.1, 0.15) is 10.8 Å².